The maximum absolute atomic E-state index is 11.0. The second-order valence-corrected chi connectivity index (χ2v) is 5.57. The van der Waals surface area contributed by atoms with E-state index in [9.17, 15) is 4.79 Å². The summed E-state index contributed by atoms with van der Waals surface area (Å²) in [6.45, 7) is 8.61. The fourth-order valence-corrected chi connectivity index (χ4v) is 1.88. The minimum Gasteiger partial charge on any atom is -0.469 e. The molecule has 0 aromatic carbocycles. The van der Waals surface area contributed by atoms with Gasteiger partial charge in [-0.3, -0.25) is 4.79 Å². The summed E-state index contributed by atoms with van der Waals surface area (Å²) >= 11 is 0. The summed E-state index contributed by atoms with van der Waals surface area (Å²) in [4.78, 5) is 11.0. The maximum atomic E-state index is 11.0. The zero-order chi connectivity index (χ0) is 15.4. The van der Waals surface area contributed by atoms with Crippen LogP contribution in [0.1, 0.15) is 66.2 Å². The lowest BCUT2D eigenvalue weighted by Gasteiger charge is -2.01. The third-order valence-electron chi connectivity index (χ3n) is 3.19. The number of carbonyl (C=O) groups excluding carboxylic acids is 1. The van der Waals surface area contributed by atoms with Crippen molar-refractivity contribution in [3.05, 3.63) is 34.9 Å². The second-order valence-electron chi connectivity index (χ2n) is 5.57. The van der Waals surface area contributed by atoms with E-state index in [-0.39, 0.29) is 5.97 Å². The van der Waals surface area contributed by atoms with Crippen LogP contribution in [-0.2, 0) is 9.53 Å². The second kappa shape index (κ2) is 11.5. The molecule has 2 heteroatoms. The van der Waals surface area contributed by atoms with Gasteiger partial charge in [-0.25, -0.2) is 0 Å². The van der Waals surface area contributed by atoms with Crippen molar-refractivity contribution >= 4 is 5.97 Å². The van der Waals surface area contributed by atoms with Crippen LogP contribution < -0.4 is 0 Å². The van der Waals surface area contributed by atoms with Gasteiger partial charge in [-0.2, -0.15) is 0 Å². The molecule has 0 spiro atoms. The Morgan fingerprint density at radius 3 is 1.70 bits per heavy atom. The van der Waals surface area contributed by atoms with E-state index in [0.717, 1.165) is 32.1 Å². The maximum Gasteiger partial charge on any atom is 0.305 e. The molecule has 0 aliphatic rings. The molecule has 2 nitrogen and oxygen atoms in total. The minimum absolute atomic E-state index is 0.135. The third-order valence-corrected chi connectivity index (χ3v) is 3.19. The molecule has 0 amide bonds. The van der Waals surface area contributed by atoms with Crippen molar-refractivity contribution in [2.75, 3.05) is 7.11 Å². The number of rotatable bonds is 9. The van der Waals surface area contributed by atoms with Crippen molar-refractivity contribution in [2.45, 2.75) is 66.2 Å². The molecule has 0 aliphatic heterocycles. The zero-order valence-electron chi connectivity index (χ0n) is 13.8. The molecule has 0 bridgehead atoms. The first-order valence-electron chi connectivity index (χ1n) is 7.47. The quantitative estimate of drug-likeness (QED) is 0.419. The standard InChI is InChI=1S/C18H30O2/c1-15(2)9-6-10-16(3)11-7-12-17(4)13-8-14-18(19)20-5/h9,11,13H,6-8,10,12,14H2,1-5H3. The topological polar surface area (TPSA) is 26.3 Å². The molecule has 0 radical (unpaired) electrons. The Balaban J connectivity index is 3.88. The van der Waals surface area contributed by atoms with Crippen LogP contribution in [0.3, 0.4) is 0 Å². The normalized spacial score (nSPS) is 12.2. The van der Waals surface area contributed by atoms with E-state index in [1.807, 2.05) is 0 Å². The van der Waals surface area contributed by atoms with Crippen LogP contribution in [0, 0.1) is 0 Å². The van der Waals surface area contributed by atoms with Crippen LogP contribution in [-0.4, -0.2) is 13.1 Å². The summed E-state index contributed by atoms with van der Waals surface area (Å²) in [5, 5.41) is 0. The van der Waals surface area contributed by atoms with Crippen molar-refractivity contribution in [2.24, 2.45) is 0 Å². The molecule has 0 aromatic rings. The van der Waals surface area contributed by atoms with Crippen molar-refractivity contribution in [3.8, 4) is 0 Å². The Hall–Kier alpha value is -1.31. The SMILES string of the molecule is COC(=O)CCC=C(C)CCC=C(C)CCC=C(C)C. The molecule has 0 aromatic heterocycles. The molecule has 0 heterocycles. The van der Waals surface area contributed by atoms with Crippen LogP contribution in [0.5, 0.6) is 0 Å². The molecule has 0 unspecified atom stereocenters. The summed E-state index contributed by atoms with van der Waals surface area (Å²) in [7, 11) is 1.43. The number of esters is 1. The summed E-state index contributed by atoms with van der Waals surface area (Å²) in [6.07, 6.45) is 12.5. The van der Waals surface area contributed by atoms with Crippen LogP contribution in [0.15, 0.2) is 34.9 Å². The van der Waals surface area contributed by atoms with Gasteiger partial charge in [-0.05, 0) is 59.8 Å². The van der Waals surface area contributed by atoms with Gasteiger partial charge in [-0.15, -0.1) is 0 Å². The van der Waals surface area contributed by atoms with E-state index < -0.39 is 0 Å². The van der Waals surface area contributed by atoms with Gasteiger partial charge in [0.15, 0.2) is 0 Å². The van der Waals surface area contributed by atoms with E-state index in [1.54, 1.807) is 0 Å². The fourth-order valence-electron chi connectivity index (χ4n) is 1.88. The van der Waals surface area contributed by atoms with Crippen LogP contribution >= 0.6 is 0 Å². The van der Waals surface area contributed by atoms with Crippen molar-refractivity contribution in [1.82, 2.24) is 0 Å². The van der Waals surface area contributed by atoms with Crippen molar-refractivity contribution < 1.29 is 9.53 Å². The molecular weight excluding hydrogens is 248 g/mol. The van der Waals surface area contributed by atoms with Crippen LogP contribution in [0.4, 0.5) is 0 Å². The first-order valence-corrected chi connectivity index (χ1v) is 7.47. The molecule has 0 N–H and O–H groups in total. The molecule has 0 aliphatic carbocycles. The Kier molecular flexibility index (Phi) is 10.8. The molecule has 0 saturated carbocycles. The van der Waals surface area contributed by atoms with E-state index in [0.29, 0.717) is 6.42 Å². The Labute approximate surface area is 124 Å². The van der Waals surface area contributed by atoms with E-state index >= 15 is 0 Å². The zero-order valence-corrected chi connectivity index (χ0v) is 13.8. The number of methoxy groups -OCH3 is 1. The van der Waals surface area contributed by atoms with E-state index in [1.165, 1.54) is 23.8 Å². The van der Waals surface area contributed by atoms with Gasteiger partial charge >= 0.3 is 5.97 Å². The van der Waals surface area contributed by atoms with Crippen LogP contribution in [0.25, 0.3) is 0 Å². The van der Waals surface area contributed by atoms with Gasteiger partial charge in [0.2, 0.25) is 0 Å². The molecular formula is C18H30O2. The number of allylic oxidation sites excluding steroid dienone is 6. The predicted molar refractivity (Wildman–Crippen MR) is 86.7 cm³/mol. The predicted octanol–water partition coefficient (Wildman–Crippen LogP) is 5.36. The smallest absolute Gasteiger partial charge is 0.305 e. The highest BCUT2D eigenvalue weighted by Crippen LogP contribution is 2.12. The number of hydrogen-bond donors (Lipinski definition) is 0. The van der Waals surface area contributed by atoms with Gasteiger partial charge in [0, 0.05) is 6.42 Å². The molecule has 114 valence electrons. The molecule has 0 saturated heterocycles. The fraction of sp³-hybridized carbons (Fsp3) is 0.611. The lowest BCUT2D eigenvalue weighted by atomic mass is 10.1. The number of ether oxygens (including phenoxy) is 1. The molecule has 0 rings (SSSR count). The number of carbonyl (C=O) groups is 1. The first-order chi connectivity index (χ1) is 9.45. The molecule has 0 fully saturated rings. The minimum atomic E-state index is -0.135. The van der Waals surface area contributed by atoms with E-state index in [4.69, 9.17) is 0 Å². The van der Waals surface area contributed by atoms with Gasteiger partial charge < -0.3 is 4.74 Å². The summed E-state index contributed by atoms with van der Waals surface area (Å²) < 4.78 is 4.62. The van der Waals surface area contributed by atoms with Gasteiger partial charge in [0.1, 0.15) is 0 Å². The van der Waals surface area contributed by atoms with Crippen molar-refractivity contribution in [1.29, 1.82) is 0 Å². The molecule has 0 atom stereocenters. The summed E-state index contributed by atoms with van der Waals surface area (Å²) in [6, 6.07) is 0. The highest BCUT2D eigenvalue weighted by molar-refractivity contribution is 5.69. The molecule has 20 heavy (non-hydrogen) atoms. The summed E-state index contributed by atoms with van der Waals surface area (Å²) in [5.41, 5.74) is 4.20. The van der Waals surface area contributed by atoms with Gasteiger partial charge in [-0.1, -0.05) is 34.9 Å². The monoisotopic (exact) mass is 278 g/mol. The van der Waals surface area contributed by atoms with Crippen molar-refractivity contribution in [3.63, 3.8) is 0 Å². The lowest BCUT2D eigenvalue weighted by molar-refractivity contribution is -0.140. The van der Waals surface area contributed by atoms with Crippen LogP contribution in [0.2, 0.25) is 0 Å². The average molecular weight is 278 g/mol. The average Bonchev–Trinajstić information content (AvgIpc) is 2.38. The number of hydrogen-bond acceptors (Lipinski definition) is 2. The Morgan fingerprint density at radius 2 is 1.25 bits per heavy atom. The largest absolute Gasteiger partial charge is 0.469 e. The Bertz CT molecular complexity index is 369. The summed E-state index contributed by atoms with van der Waals surface area (Å²) in [5.74, 6) is -0.135. The Morgan fingerprint density at radius 1 is 0.800 bits per heavy atom. The lowest BCUT2D eigenvalue weighted by Crippen LogP contribution is -1.98. The highest BCUT2D eigenvalue weighted by atomic mass is 16.5. The first kappa shape index (κ1) is 18.7. The van der Waals surface area contributed by atoms with Gasteiger partial charge in [0.05, 0.1) is 7.11 Å². The highest BCUT2D eigenvalue weighted by Gasteiger charge is 1.97. The van der Waals surface area contributed by atoms with Gasteiger partial charge in [0.25, 0.3) is 0 Å². The third kappa shape index (κ3) is 11.8. The van der Waals surface area contributed by atoms with E-state index in [2.05, 4.69) is 50.7 Å².